The van der Waals surface area contributed by atoms with Gasteiger partial charge in [-0.25, -0.2) is 0 Å². The highest BCUT2D eigenvalue weighted by Gasteiger charge is 2.22. The average Bonchev–Trinajstić information content (AvgIpc) is 2.96. The van der Waals surface area contributed by atoms with Crippen LogP contribution in [0.1, 0.15) is 67.5 Å². The molecular weight excluding hydrogens is 510 g/mol. The first-order valence-corrected chi connectivity index (χ1v) is 13.6. The Kier molecular flexibility index (Phi) is 7.62. The quantitative estimate of drug-likeness (QED) is 0.141. The Morgan fingerprint density at radius 3 is 1.02 bits per heavy atom. The molecule has 0 saturated carbocycles. The Hall–Kier alpha value is -4.90. The van der Waals surface area contributed by atoms with Crippen molar-refractivity contribution in [1.82, 2.24) is 0 Å². The summed E-state index contributed by atoms with van der Waals surface area (Å²) in [7, 11) is 0. The summed E-state index contributed by atoms with van der Waals surface area (Å²) < 4.78 is 0. The number of phenolic OH excluding ortho intramolecular Hbond substituents is 3. The number of rotatable bonds is 7. The molecule has 5 nitrogen and oxygen atoms in total. The molecule has 0 amide bonds. The molecule has 0 aromatic heterocycles. The molecule has 0 fully saturated rings. The lowest BCUT2D eigenvalue weighted by molar-refractivity contribution is 0.470. The third kappa shape index (κ3) is 5.57. The second-order valence-corrected chi connectivity index (χ2v) is 10.8. The van der Waals surface area contributed by atoms with E-state index in [0.717, 1.165) is 55.6 Å². The Morgan fingerprint density at radius 1 is 0.439 bits per heavy atom. The normalized spacial score (nSPS) is 11.9. The van der Waals surface area contributed by atoms with Crippen molar-refractivity contribution in [1.29, 1.82) is 0 Å². The Labute approximate surface area is 240 Å². The fraction of sp³-hybridized carbons (Fsp3) is 0.167. The molecule has 3 N–H and O–H groups in total. The highest BCUT2D eigenvalue weighted by atomic mass is 16.3. The van der Waals surface area contributed by atoms with Gasteiger partial charge < -0.3 is 15.3 Å². The van der Waals surface area contributed by atoms with Crippen molar-refractivity contribution in [2.75, 3.05) is 0 Å². The molecule has 1 unspecified atom stereocenters. The summed E-state index contributed by atoms with van der Waals surface area (Å²) in [6.45, 7) is 7.54. The zero-order valence-corrected chi connectivity index (χ0v) is 23.6. The minimum atomic E-state index is -0.131. The molecule has 0 radical (unpaired) electrons. The van der Waals surface area contributed by atoms with Crippen LogP contribution in [-0.2, 0) is 0 Å². The molecule has 0 aliphatic carbocycles. The molecule has 0 aliphatic heterocycles. The molecule has 0 spiro atoms. The maximum absolute atomic E-state index is 11.2. The van der Waals surface area contributed by atoms with Gasteiger partial charge in [0.05, 0.1) is 0 Å². The van der Waals surface area contributed by atoms with Crippen molar-refractivity contribution in [3.63, 3.8) is 0 Å². The first kappa shape index (κ1) is 27.7. The van der Waals surface area contributed by atoms with Crippen LogP contribution in [0.2, 0.25) is 0 Å². The van der Waals surface area contributed by atoms with Gasteiger partial charge in [-0.3, -0.25) is 0 Å². The standard InChI is InChI=1S/C36H33NO4/c1-21-17-27(9-13-31(21)37-41)35(28-10-14-32(38)22(2)18-28)25-5-7-26(8-6-25)36(29-11-15-33(39)23(3)19-29)30-12-16-34(40)24(4)20-30/h5-20,35-36,38-40H,1-4H3. The van der Waals surface area contributed by atoms with Crippen molar-refractivity contribution < 1.29 is 15.3 Å². The fourth-order valence-electron chi connectivity index (χ4n) is 5.57. The van der Waals surface area contributed by atoms with E-state index in [1.807, 2.05) is 76.2 Å². The number of phenols is 3. The fourth-order valence-corrected chi connectivity index (χ4v) is 5.57. The van der Waals surface area contributed by atoms with Gasteiger partial charge in [0.2, 0.25) is 0 Å². The topological polar surface area (TPSA) is 90.1 Å². The molecule has 0 aliphatic rings. The highest BCUT2D eigenvalue weighted by molar-refractivity contribution is 5.54. The van der Waals surface area contributed by atoms with E-state index in [1.165, 1.54) is 0 Å². The van der Waals surface area contributed by atoms with E-state index in [4.69, 9.17) is 0 Å². The van der Waals surface area contributed by atoms with Crippen molar-refractivity contribution in [3.8, 4) is 17.2 Å². The zero-order chi connectivity index (χ0) is 29.3. The van der Waals surface area contributed by atoms with E-state index in [0.29, 0.717) is 5.69 Å². The zero-order valence-electron chi connectivity index (χ0n) is 23.6. The van der Waals surface area contributed by atoms with Crippen LogP contribution in [0.5, 0.6) is 17.2 Å². The van der Waals surface area contributed by atoms with E-state index in [9.17, 15) is 20.2 Å². The molecule has 5 aromatic carbocycles. The van der Waals surface area contributed by atoms with Gasteiger partial charge in [0, 0.05) is 11.8 Å². The number of hydrogen-bond donors (Lipinski definition) is 3. The van der Waals surface area contributed by atoms with Crippen molar-refractivity contribution in [3.05, 3.63) is 158 Å². The SMILES string of the molecule is Cc1cc(C(c2ccc(C(c3ccc(O)c(C)c3)c3ccc(N=O)c(C)c3)cc2)c2ccc(O)c(C)c2)ccc1O. The Bertz CT molecular complexity index is 1690. The number of nitrogens with zero attached hydrogens (tertiary/aromatic N) is 1. The molecule has 41 heavy (non-hydrogen) atoms. The van der Waals surface area contributed by atoms with E-state index in [-0.39, 0.29) is 29.1 Å². The minimum absolute atomic E-state index is 0.114. The van der Waals surface area contributed by atoms with Crippen LogP contribution in [0.4, 0.5) is 5.69 Å². The van der Waals surface area contributed by atoms with Gasteiger partial charge in [-0.15, -0.1) is 4.91 Å². The molecule has 5 rings (SSSR count). The third-order valence-corrected chi connectivity index (χ3v) is 7.92. The van der Waals surface area contributed by atoms with Gasteiger partial charge in [0.25, 0.3) is 0 Å². The first-order valence-electron chi connectivity index (χ1n) is 13.6. The van der Waals surface area contributed by atoms with Crippen LogP contribution in [0, 0.1) is 32.6 Å². The average molecular weight is 544 g/mol. The maximum atomic E-state index is 11.2. The summed E-state index contributed by atoms with van der Waals surface area (Å²) in [4.78, 5) is 11.2. The number of aryl methyl sites for hydroxylation is 4. The summed E-state index contributed by atoms with van der Waals surface area (Å²) in [5, 5.41) is 33.7. The van der Waals surface area contributed by atoms with Crippen molar-refractivity contribution >= 4 is 5.69 Å². The second kappa shape index (κ2) is 11.3. The van der Waals surface area contributed by atoms with E-state index >= 15 is 0 Å². The lowest BCUT2D eigenvalue weighted by atomic mass is 9.80. The van der Waals surface area contributed by atoms with Gasteiger partial charge in [-0.05, 0) is 113 Å². The highest BCUT2D eigenvalue weighted by Crippen LogP contribution is 2.39. The molecule has 0 bridgehead atoms. The lowest BCUT2D eigenvalue weighted by Crippen LogP contribution is -2.07. The molecule has 0 saturated heterocycles. The van der Waals surface area contributed by atoms with Crippen LogP contribution in [0.15, 0.2) is 102 Å². The van der Waals surface area contributed by atoms with Crippen LogP contribution in [0.3, 0.4) is 0 Å². The Balaban J connectivity index is 1.63. The molecular formula is C36H33NO4. The predicted molar refractivity (Wildman–Crippen MR) is 163 cm³/mol. The summed E-state index contributed by atoms with van der Waals surface area (Å²) in [6.07, 6.45) is 0. The van der Waals surface area contributed by atoms with Gasteiger partial charge >= 0.3 is 0 Å². The van der Waals surface area contributed by atoms with Crippen LogP contribution >= 0.6 is 0 Å². The maximum Gasteiger partial charge on any atom is 0.118 e. The summed E-state index contributed by atoms with van der Waals surface area (Å²) in [5.41, 5.74) is 9.86. The lowest BCUT2D eigenvalue weighted by Gasteiger charge is -2.23. The molecule has 5 aromatic rings. The third-order valence-electron chi connectivity index (χ3n) is 7.92. The van der Waals surface area contributed by atoms with Crippen LogP contribution < -0.4 is 0 Å². The van der Waals surface area contributed by atoms with Crippen LogP contribution in [0.25, 0.3) is 0 Å². The van der Waals surface area contributed by atoms with Crippen LogP contribution in [-0.4, -0.2) is 15.3 Å². The molecule has 5 heteroatoms. The van der Waals surface area contributed by atoms with E-state index < -0.39 is 0 Å². The largest absolute Gasteiger partial charge is 0.508 e. The van der Waals surface area contributed by atoms with Gasteiger partial charge in [0.1, 0.15) is 22.9 Å². The summed E-state index contributed by atoms with van der Waals surface area (Å²) in [6, 6.07) is 31.2. The van der Waals surface area contributed by atoms with E-state index in [2.05, 4.69) is 29.4 Å². The first-order chi connectivity index (χ1) is 19.7. The van der Waals surface area contributed by atoms with E-state index in [1.54, 1.807) is 24.3 Å². The molecule has 0 heterocycles. The molecule has 1 atom stereocenters. The Morgan fingerprint density at radius 2 is 0.732 bits per heavy atom. The molecule has 206 valence electrons. The number of aromatic hydroxyl groups is 3. The van der Waals surface area contributed by atoms with Crippen molar-refractivity contribution in [2.45, 2.75) is 39.5 Å². The monoisotopic (exact) mass is 543 g/mol. The number of nitroso groups, excluding NO2 is 1. The van der Waals surface area contributed by atoms with Gasteiger partial charge in [-0.2, -0.15) is 0 Å². The predicted octanol–water partition coefficient (Wildman–Crippen LogP) is 8.80. The minimum Gasteiger partial charge on any atom is -0.508 e. The van der Waals surface area contributed by atoms with Gasteiger partial charge in [-0.1, -0.05) is 72.8 Å². The smallest absolute Gasteiger partial charge is 0.118 e. The van der Waals surface area contributed by atoms with Gasteiger partial charge in [0.15, 0.2) is 0 Å². The van der Waals surface area contributed by atoms with Crippen molar-refractivity contribution in [2.24, 2.45) is 5.18 Å². The number of hydrogen-bond acceptors (Lipinski definition) is 5. The summed E-state index contributed by atoms with van der Waals surface area (Å²) >= 11 is 0. The summed E-state index contributed by atoms with van der Waals surface area (Å²) in [5.74, 6) is 0.506. The number of benzene rings is 5. The second-order valence-electron chi connectivity index (χ2n) is 10.8.